The smallest absolute Gasteiger partial charge is 0.0775 e. The van der Waals surface area contributed by atoms with Crippen molar-refractivity contribution in [2.75, 3.05) is 0 Å². The maximum Gasteiger partial charge on any atom is 0.0775 e. The summed E-state index contributed by atoms with van der Waals surface area (Å²) in [5, 5.41) is 5.96. The molecule has 0 bridgehead atoms. The molecule has 94 heavy (non-hydrogen) atoms. The van der Waals surface area contributed by atoms with Gasteiger partial charge in [-0.15, -0.1) is 119 Å². The van der Waals surface area contributed by atoms with E-state index in [1.165, 1.54) is 76.4 Å². The maximum atomic E-state index is 4.47. The number of aromatic nitrogens is 4. The van der Waals surface area contributed by atoms with Gasteiger partial charge < -0.3 is 19.9 Å². The molecule has 0 aliphatic rings. The molecule has 488 valence electrons. The Morgan fingerprint density at radius 2 is 0.617 bits per heavy atom. The fourth-order valence-corrected chi connectivity index (χ4v) is 15.4. The first-order valence-electron chi connectivity index (χ1n) is 31.1. The summed E-state index contributed by atoms with van der Waals surface area (Å²) < 4.78 is 0. The predicted octanol–water partition coefficient (Wildman–Crippen LogP) is 19.7. The van der Waals surface area contributed by atoms with Crippen molar-refractivity contribution in [3.05, 3.63) is 291 Å². The van der Waals surface area contributed by atoms with Crippen molar-refractivity contribution in [3.8, 4) is 89.5 Å². The third-order valence-electron chi connectivity index (χ3n) is 15.8. The molecule has 0 saturated heterocycles. The van der Waals surface area contributed by atoms with Crippen molar-refractivity contribution in [1.29, 1.82) is 0 Å². The zero-order valence-electron chi connectivity index (χ0n) is 56.4. The van der Waals surface area contributed by atoms with Gasteiger partial charge in [-0.1, -0.05) is 289 Å². The van der Waals surface area contributed by atoms with Crippen molar-refractivity contribution >= 4 is 53.0 Å². The van der Waals surface area contributed by atoms with E-state index in [-0.39, 0.29) is 80.4 Å². The maximum absolute atomic E-state index is 4.47. The van der Waals surface area contributed by atoms with E-state index in [2.05, 4.69) is 312 Å². The number of pyridine rings is 4. The van der Waals surface area contributed by atoms with Gasteiger partial charge in [0.05, 0.1) is 32.3 Å². The molecule has 0 N–H and O–H groups in total. The number of rotatable bonds is 12. The van der Waals surface area contributed by atoms with Gasteiger partial charge in [-0.2, -0.15) is 0 Å². The second kappa shape index (κ2) is 35.7. The first-order valence-corrected chi connectivity index (χ1v) is 45.1. The van der Waals surface area contributed by atoms with E-state index in [1.807, 2.05) is 80.2 Å². The topological polar surface area (TPSA) is 51.6 Å². The quantitative estimate of drug-likeness (QED) is 0.0903. The summed E-state index contributed by atoms with van der Waals surface area (Å²) in [5.74, 6) is 0. The van der Waals surface area contributed by atoms with Crippen LogP contribution in [0.3, 0.4) is 0 Å². The monoisotopic (exact) mass is 2010 g/mol. The predicted molar refractivity (Wildman–Crippen MR) is 397 cm³/mol. The van der Waals surface area contributed by atoms with Crippen LogP contribution in [-0.2, 0) is 80.4 Å². The Labute approximate surface area is 620 Å². The second-order valence-corrected chi connectivity index (χ2v) is 47.4. The minimum Gasteiger partial charge on any atom is -0.305 e. The summed E-state index contributed by atoms with van der Waals surface area (Å²) in [6, 6.07) is 94.6. The Morgan fingerprint density at radius 3 is 0.947 bits per heavy atom. The summed E-state index contributed by atoms with van der Waals surface area (Å²) in [4.78, 5) is 17.7. The zero-order valence-corrected chi connectivity index (χ0v) is 70.0. The summed E-state index contributed by atoms with van der Waals surface area (Å²) >= 11 is 0. The molecule has 4 heterocycles. The van der Waals surface area contributed by atoms with Crippen LogP contribution >= 0.6 is 0 Å². The minimum atomic E-state index is -1.36. The molecule has 12 rings (SSSR count). The van der Waals surface area contributed by atoms with Gasteiger partial charge in [-0.3, -0.25) is 0 Å². The van der Waals surface area contributed by atoms with Crippen LogP contribution in [0.2, 0.25) is 78.6 Å². The van der Waals surface area contributed by atoms with E-state index in [9.17, 15) is 0 Å². The van der Waals surface area contributed by atoms with Crippen LogP contribution in [0, 0.1) is 38.1 Å². The van der Waals surface area contributed by atoms with Crippen LogP contribution < -0.4 is 20.7 Å². The summed E-state index contributed by atoms with van der Waals surface area (Å²) in [5.41, 5.74) is 20.3. The molecule has 0 saturated carbocycles. The fourth-order valence-electron chi connectivity index (χ4n) is 10.2. The van der Waals surface area contributed by atoms with Crippen LogP contribution in [0.4, 0.5) is 0 Å². The van der Waals surface area contributed by atoms with Gasteiger partial charge in [0.2, 0.25) is 0 Å². The van der Waals surface area contributed by atoms with Crippen molar-refractivity contribution < 1.29 is 80.4 Å². The first kappa shape index (κ1) is 78.5. The van der Waals surface area contributed by atoms with E-state index >= 15 is 0 Å². The van der Waals surface area contributed by atoms with E-state index in [0.29, 0.717) is 0 Å². The summed E-state index contributed by atoms with van der Waals surface area (Å²) in [6.07, 6.45) is 7.42. The van der Waals surface area contributed by atoms with Gasteiger partial charge in [0, 0.05) is 105 Å². The molecule has 0 amide bonds. The average molecular weight is 2010 g/mol. The van der Waals surface area contributed by atoms with Gasteiger partial charge >= 0.3 is 0 Å². The molecule has 4 nitrogen and oxygen atoms in total. The fraction of sp³-hybridized carbons (Fsp3) is 0.171. The minimum absolute atomic E-state index is 0. The third kappa shape index (κ3) is 22.2. The van der Waals surface area contributed by atoms with Crippen LogP contribution in [0.25, 0.3) is 89.5 Å². The molecule has 4 aromatic heterocycles. The molecule has 0 fully saturated rings. The molecule has 12 aromatic rings. The van der Waals surface area contributed by atoms with E-state index < -0.39 is 32.3 Å². The van der Waals surface area contributed by atoms with Crippen molar-refractivity contribution in [3.63, 3.8) is 0 Å². The molecule has 0 aliphatic carbocycles. The van der Waals surface area contributed by atoms with Gasteiger partial charge in [0.25, 0.3) is 0 Å². The first-order chi connectivity index (χ1) is 43.0. The largest absolute Gasteiger partial charge is 0.305 e. The van der Waals surface area contributed by atoms with Crippen molar-refractivity contribution in [2.24, 2.45) is 0 Å². The van der Waals surface area contributed by atoms with Crippen molar-refractivity contribution in [2.45, 2.75) is 92.4 Å². The Bertz CT molecular complexity index is 4230. The Hall–Kier alpha value is -6.18. The van der Waals surface area contributed by atoms with Gasteiger partial charge in [-0.25, -0.2) is 0 Å². The standard InChI is InChI=1S/2C21H22NSi.2C20H20NSi.4Ir/c1-16-5-14-21(22-15-16)19-8-6-17(7-9-19)18-10-12-20(13-11-18)23(2,3)4;1-16-8-13-21(22-15-16)18-11-9-17(10-12-18)19-6-5-7-20(14-19)23(2,3)4;1-22(2,3)19-8-6-7-18(15-19)16-10-12-17(13-11-16)20-9-4-5-14-21-20;1-22(2,3)20-10-5-4-8-18(20)16-11-13-17(14-12-16)19-9-6-7-15-21-19;;;;/h5-8,10-15H,1-4H3;5-11,13-15H,1-4H3;4-12,14-15H,1-3H3;4-13,15H,1-3H3;;;;/q4*-1;;;;. The molecule has 0 atom stereocenters. The molecule has 4 radical (unpaired) electrons. The molecular weight excluding hydrogens is 1920 g/mol. The van der Waals surface area contributed by atoms with E-state index in [0.717, 1.165) is 45.0 Å². The van der Waals surface area contributed by atoms with Crippen molar-refractivity contribution in [1.82, 2.24) is 19.9 Å². The number of aryl methyl sites for hydroxylation is 2. The second-order valence-electron chi connectivity index (χ2n) is 27.1. The Morgan fingerprint density at radius 1 is 0.266 bits per heavy atom. The van der Waals surface area contributed by atoms with Gasteiger partial charge in [0.1, 0.15) is 0 Å². The molecule has 8 aromatic carbocycles. The summed E-state index contributed by atoms with van der Waals surface area (Å²) in [6.45, 7) is 32.7. The van der Waals surface area contributed by atoms with E-state index in [1.54, 1.807) is 0 Å². The zero-order chi connectivity index (χ0) is 64.1. The molecule has 12 heteroatoms. The third-order valence-corrected chi connectivity index (χ3v) is 24.0. The van der Waals surface area contributed by atoms with Crippen LogP contribution in [-0.4, -0.2) is 52.2 Å². The van der Waals surface area contributed by atoms with Gasteiger partial charge in [0.15, 0.2) is 0 Å². The average Bonchev–Trinajstić information content (AvgIpc) is 1.61. The normalized spacial score (nSPS) is 11.0. The SMILES string of the molecule is C[Si](C)(C)c1cccc(-c2c[c-]c(-c3ccccn3)cc2)c1.C[Si](C)(C)c1ccccc1-c1c[c-]c(-c2ccccn2)cc1.Cc1ccc(-c2[c-]cc(-c3ccc([Si](C)(C)C)cc3)cc2)nc1.Cc1ccc(-c2[c-]cc(-c3cccc([Si](C)(C)C)c3)cc2)nc1.[Ir].[Ir].[Ir].[Ir]. The Balaban J connectivity index is 0.000000224. The number of benzene rings is 8. The number of hydrogen-bond acceptors (Lipinski definition) is 4. The number of hydrogen-bond donors (Lipinski definition) is 0. The molecular formula is C82H84Ir4N4Si4-4. The van der Waals surface area contributed by atoms with Crippen LogP contribution in [0.1, 0.15) is 11.1 Å². The molecule has 0 unspecified atom stereocenters. The summed E-state index contributed by atoms with van der Waals surface area (Å²) in [7, 11) is -5.16. The van der Waals surface area contributed by atoms with E-state index in [4.69, 9.17) is 0 Å². The number of nitrogens with zero attached hydrogens (tertiary/aromatic N) is 4. The Kier molecular flexibility index (Phi) is 29.8. The molecule has 0 aliphatic heterocycles. The van der Waals surface area contributed by atoms with Gasteiger partial charge in [-0.05, 0) is 59.9 Å². The van der Waals surface area contributed by atoms with Crippen LogP contribution in [0.5, 0.6) is 0 Å². The van der Waals surface area contributed by atoms with Crippen LogP contribution in [0.15, 0.2) is 255 Å². The molecule has 0 spiro atoms.